The van der Waals surface area contributed by atoms with E-state index in [0.717, 1.165) is 41.7 Å². The predicted octanol–water partition coefficient (Wildman–Crippen LogP) is 7.64. The maximum atomic E-state index is 5.38. The Kier molecular flexibility index (Phi) is 11.6. The second-order valence-corrected chi connectivity index (χ2v) is 8.41. The van der Waals surface area contributed by atoms with Gasteiger partial charge in [0.05, 0.1) is 19.5 Å². The molecule has 0 N–H and O–H groups in total. The molecule has 0 bridgehead atoms. The van der Waals surface area contributed by atoms with E-state index in [1.807, 2.05) is 121 Å². The summed E-state index contributed by atoms with van der Waals surface area (Å²) in [7, 11) is 0. The van der Waals surface area contributed by atoms with Crippen molar-refractivity contribution in [3.63, 3.8) is 0 Å². The summed E-state index contributed by atoms with van der Waals surface area (Å²) >= 11 is 21.5. The van der Waals surface area contributed by atoms with E-state index >= 15 is 0 Å². The summed E-state index contributed by atoms with van der Waals surface area (Å²) in [4.78, 5) is 2.95. The van der Waals surface area contributed by atoms with Crippen molar-refractivity contribution in [2.45, 2.75) is 0 Å². The smallest absolute Gasteiger partial charge is 0.0778 e. The zero-order valence-corrected chi connectivity index (χ0v) is 21.9. The molecule has 0 amide bonds. The zero-order valence-electron chi connectivity index (χ0n) is 17.5. The van der Waals surface area contributed by atoms with Crippen LogP contribution in [-0.4, -0.2) is 19.5 Å². The molecule has 4 rings (SSSR count). The molecule has 0 unspecified atom stereocenters. The largest absolute Gasteiger partial charge is 2.00 e. The van der Waals surface area contributed by atoms with Crippen molar-refractivity contribution in [3.8, 4) is 0 Å². The van der Waals surface area contributed by atoms with Crippen LogP contribution in [-0.2, 0) is 17.1 Å². The Morgan fingerprint density at radius 3 is 0.606 bits per heavy atom. The van der Waals surface area contributed by atoms with E-state index in [1.165, 1.54) is 0 Å². The van der Waals surface area contributed by atoms with Crippen LogP contribution in [0.5, 0.6) is 0 Å². The van der Waals surface area contributed by atoms with Gasteiger partial charge in [-0.05, 0) is 22.3 Å². The summed E-state index contributed by atoms with van der Waals surface area (Å²) in [6.45, 7) is 0. The molecule has 33 heavy (non-hydrogen) atoms. The van der Waals surface area contributed by atoms with Gasteiger partial charge in [-0.3, -0.25) is 0 Å². The Balaban J connectivity index is 0.000000227. The van der Waals surface area contributed by atoms with Crippen molar-refractivity contribution >= 4 is 68.3 Å². The molecule has 0 heterocycles. The molecule has 0 saturated carbocycles. The number of hydrogen-bond acceptors (Lipinski definition) is 4. The molecule has 0 radical (unpaired) electrons. The van der Waals surface area contributed by atoms with Gasteiger partial charge in [0.2, 0.25) is 0 Å². The molecule has 5 heteroatoms. The van der Waals surface area contributed by atoms with Crippen LogP contribution in [0.4, 0.5) is 0 Å². The van der Waals surface area contributed by atoms with Gasteiger partial charge in [-0.2, -0.15) is 0 Å². The average Bonchev–Trinajstić information content (AvgIpc) is 2.89. The summed E-state index contributed by atoms with van der Waals surface area (Å²) in [6, 6.07) is 39.5. The van der Waals surface area contributed by atoms with Crippen LogP contribution in [0.1, 0.15) is 22.3 Å². The minimum atomic E-state index is 0. The van der Waals surface area contributed by atoms with Gasteiger partial charge < -0.3 is 0 Å². The van der Waals surface area contributed by atoms with Gasteiger partial charge in [-0.15, -0.1) is 0 Å². The molecular formula is C28H20FeS4+2. The molecule has 0 fully saturated rings. The Morgan fingerprint density at radius 2 is 0.455 bits per heavy atom. The van der Waals surface area contributed by atoms with Crippen molar-refractivity contribution in [2.24, 2.45) is 0 Å². The zero-order chi connectivity index (χ0) is 22.8. The monoisotopic (exact) mass is 540 g/mol. The van der Waals surface area contributed by atoms with Crippen LogP contribution in [0.25, 0.3) is 0 Å². The van der Waals surface area contributed by atoms with E-state index < -0.39 is 0 Å². The third-order valence-corrected chi connectivity index (χ3v) is 6.57. The molecule has 0 saturated heterocycles. The molecule has 0 aliphatic rings. The maximum absolute atomic E-state index is 5.38. The van der Waals surface area contributed by atoms with Crippen LogP contribution < -0.4 is 0 Å². The summed E-state index contributed by atoms with van der Waals surface area (Å²) in [5, 5.41) is 0. The average molecular weight is 541 g/mol. The molecule has 0 nitrogen and oxygen atoms in total. The first-order valence-electron chi connectivity index (χ1n) is 9.96. The standard InChI is InChI=1S/2C14H10S2.Fe/c2*15-13(11-7-3-1-4-8-11)14(16)12-9-5-2-6-10-12;/h2*1-10H;/q;;+2. The fourth-order valence-corrected chi connectivity index (χ4v) is 3.90. The van der Waals surface area contributed by atoms with Gasteiger partial charge in [0.1, 0.15) is 0 Å². The topological polar surface area (TPSA) is 0 Å². The molecular weight excluding hydrogens is 520 g/mol. The molecule has 4 aromatic carbocycles. The number of rotatable bonds is 6. The summed E-state index contributed by atoms with van der Waals surface area (Å²) in [5.74, 6) is 0. The van der Waals surface area contributed by atoms with Crippen molar-refractivity contribution in [1.82, 2.24) is 0 Å². The van der Waals surface area contributed by atoms with Crippen LogP contribution in [0.2, 0.25) is 0 Å². The third-order valence-electron chi connectivity index (χ3n) is 4.56. The first-order chi connectivity index (χ1) is 15.6. The van der Waals surface area contributed by atoms with Gasteiger partial charge >= 0.3 is 17.1 Å². The molecule has 0 spiro atoms. The van der Waals surface area contributed by atoms with Crippen LogP contribution >= 0.6 is 48.9 Å². The van der Waals surface area contributed by atoms with Gasteiger partial charge in [0.15, 0.2) is 0 Å². The summed E-state index contributed by atoms with van der Waals surface area (Å²) in [5.41, 5.74) is 4.02. The van der Waals surface area contributed by atoms with Crippen molar-refractivity contribution in [3.05, 3.63) is 144 Å². The summed E-state index contributed by atoms with van der Waals surface area (Å²) in [6.07, 6.45) is 0. The SMILES string of the molecule is S=C(C(=S)c1ccccc1)c1ccccc1.S=C(C(=S)c1ccccc1)c1ccccc1.[Fe+2]. The molecule has 4 aromatic rings. The maximum Gasteiger partial charge on any atom is 2.00 e. The van der Waals surface area contributed by atoms with E-state index in [1.54, 1.807) is 0 Å². The van der Waals surface area contributed by atoms with Crippen molar-refractivity contribution in [2.75, 3.05) is 0 Å². The van der Waals surface area contributed by atoms with Gasteiger partial charge in [-0.25, -0.2) is 0 Å². The summed E-state index contributed by atoms with van der Waals surface area (Å²) < 4.78 is 0. The van der Waals surface area contributed by atoms with Crippen molar-refractivity contribution < 1.29 is 17.1 Å². The number of hydrogen-bond donors (Lipinski definition) is 0. The van der Waals surface area contributed by atoms with Crippen LogP contribution in [0.15, 0.2) is 121 Å². The Hall–Kier alpha value is -2.24. The minimum Gasteiger partial charge on any atom is -0.0778 e. The van der Waals surface area contributed by atoms with Crippen LogP contribution in [0.3, 0.4) is 0 Å². The van der Waals surface area contributed by atoms with E-state index in [0.29, 0.717) is 0 Å². The second-order valence-electron chi connectivity index (χ2n) is 6.78. The van der Waals surface area contributed by atoms with E-state index in [9.17, 15) is 0 Å². The first-order valence-corrected chi connectivity index (χ1v) is 11.6. The Morgan fingerprint density at radius 1 is 0.303 bits per heavy atom. The van der Waals surface area contributed by atoms with Gasteiger partial charge in [-0.1, -0.05) is 170 Å². The Bertz CT molecular complexity index is 1010. The van der Waals surface area contributed by atoms with E-state index in [4.69, 9.17) is 48.9 Å². The molecule has 162 valence electrons. The predicted molar refractivity (Wildman–Crippen MR) is 153 cm³/mol. The van der Waals surface area contributed by atoms with Gasteiger partial charge in [0, 0.05) is 0 Å². The molecule has 0 aromatic heterocycles. The molecule has 0 aliphatic heterocycles. The fraction of sp³-hybridized carbons (Fsp3) is 0. The molecule has 0 atom stereocenters. The van der Waals surface area contributed by atoms with E-state index in [2.05, 4.69) is 0 Å². The normalized spacial score (nSPS) is 9.45. The first kappa shape index (κ1) is 27.0. The third kappa shape index (κ3) is 7.93. The minimum absolute atomic E-state index is 0. The number of thiocarbonyl (C=S) groups is 4. The van der Waals surface area contributed by atoms with E-state index in [-0.39, 0.29) is 17.1 Å². The second kappa shape index (κ2) is 14.1. The van der Waals surface area contributed by atoms with Crippen LogP contribution in [0, 0.1) is 0 Å². The van der Waals surface area contributed by atoms with Gasteiger partial charge in [0.25, 0.3) is 0 Å². The Labute approximate surface area is 227 Å². The number of benzene rings is 4. The fourth-order valence-electron chi connectivity index (χ4n) is 2.88. The molecule has 0 aliphatic carbocycles. The quantitative estimate of drug-likeness (QED) is 0.140. The van der Waals surface area contributed by atoms with Crippen molar-refractivity contribution in [1.29, 1.82) is 0 Å².